The van der Waals surface area contributed by atoms with E-state index in [0.717, 1.165) is 12.8 Å². The Balaban J connectivity index is 2.98. The molecular formula is C15H23N3O3. The Kier molecular flexibility index (Phi) is 6.68. The van der Waals surface area contributed by atoms with Gasteiger partial charge in [-0.15, -0.1) is 0 Å². The highest BCUT2D eigenvalue weighted by Gasteiger charge is 2.21. The van der Waals surface area contributed by atoms with Crippen LogP contribution in [0.2, 0.25) is 0 Å². The van der Waals surface area contributed by atoms with Gasteiger partial charge in [-0.3, -0.25) is 4.79 Å². The summed E-state index contributed by atoms with van der Waals surface area (Å²) < 4.78 is 0. The average molecular weight is 293 g/mol. The van der Waals surface area contributed by atoms with Crippen LogP contribution in [0.3, 0.4) is 0 Å². The lowest BCUT2D eigenvalue weighted by molar-refractivity contribution is 0.0622. The van der Waals surface area contributed by atoms with Gasteiger partial charge in [0.05, 0.1) is 6.61 Å². The molecule has 0 fully saturated rings. The Morgan fingerprint density at radius 1 is 1.24 bits per heavy atom. The maximum Gasteiger partial charge on any atom is 0.254 e. The molecule has 1 rings (SSSR count). The molecule has 4 N–H and O–H groups in total. The van der Waals surface area contributed by atoms with Gasteiger partial charge in [0.25, 0.3) is 5.91 Å². The van der Waals surface area contributed by atoms with Gasteiger partial charge in [0, 0.05) is 23.7 Å². The van der Waals surface area contributed by atoms with E-state index in [1.54, 1.807) is 29.2 Å². The second-order valence-electron chi connectivity index (χ2n) is 4.76. The molecule has 1 aromatic carbocycles. The summed E-state index contributed by atoms with van der Waals surface area (Å²) in [6, 6.07) is 6.65. The second kappa shape index (κ2) is 8.26. The number of nitrogens with zero attached hydrogens (tertiary/aromatic N) is 2. The first-order valence-corrected chi connectivity index (χ1v) is 7.08. The van der Waals surface area contributed by atoms with Gasteiger partial charge < -0.3 is 20.9 Å². The summed E-state index contributed by atoms with van der Waals surface area (Å²) in [5.74, 6) is -0.120. The molecule has 0 aliphatic rings. The topological polar surface area (TPSA) is 99.2 Å². The molecule has 21 heavy (non-hydrogen) atoms. The summed E-state index contributed by atoms with van der Waals surface area (Å²) >= 11 is 0. The molecule has 1 amide bonds. The van der Waals surface area contributed by atoms with E-state index in [4.69, 9.17) is 16.0 Å². The Labute approximate surface area is 124 Å². The van der Waals surface area contributed by atoms with Crippen molar-refractivity contribution in [3.05, 3.63) is 35.4 Å². The number of hydrogen-bond donors (Lipinski definition) is 3. The molecule has 6 heteroatoms. The van der Waals surface area contributed by atoms with Crippen molar-refractivity contribution in [2.45, 2.75) is 32.7 Å². The number of carbonyl (C=O) groups excluding carboxylic acids is 1. The second-order valence-corrected chi connectivity index (χ2v) is 4.76. The van der Waals surface area contributed by atoms with E-state index in [1.165, 1.54) is 0 Å². The number of nitrogens with two attached hydrogens (primary N) is 1. The van der Waals surface area contributed by atoms with Crippen molar-refractivity contribution in [1.82, 2.24) is 4.90 Å². The van der Waals surface area contributed by atoms with Crippen LogP contribution in [0.5, 0.6) is 0 Å². The van der Waals surface area contributed by atoms with E-state index < -0.39 is 0 Å². The van der Waals surface area contributed by atoms with Gasteiger partial charge >= 0.3 is 0 Å². The number of hydrogen-bond acceptors (Lipinski definition) is 4. The third kappa shape index (κ3) is 4.19. The fourth-order valence-electron chi connectivity index (χ4n) is 2.29. The van der Waals surface area contributed by atoms with Crippen LogP contribution in [-0.4, -0.2) is 46.1 Å². The maximum absolute atomic E-state index is 12.5. The minimum Gasteiger partial charge on any atom is -0.409 e. The zero-order valence-corrected chi connectivity index (χ0v) is 12.5. The fraction of sp³-hybridized carbons (Fsp3) is 0.467. The standard InChI is InChI=1S/C15H23N3O3/c1-3-13(4-2)18(9-10-19)15(20)12-7-5-11(6-8-12)14(16)17-21/h5-8,13,19,21H,3-4,9-10H2,1-2H3,(H2,16,17). The summed E-state index contributed by atoms with van der Waals surface area (Å²) in [7, 11) is 0. The molecule has 0 unspecified atom stereocenters. The lowest BCUT2D eigenvalue weighted by Crippen LogP contribution is -2.41. The smallest absolute Gasteiger partial charge is 0.254 e. The lowest BCUT2D eigenvalue weighted by Gasteiger charge is -2.30. The molecule has 0 aromatic heterocycles. The number of rotatable bonds is 7. The highest BCUT2D eigenvalue weighted by atomic mass is 16.4. The van der Waals surface area contributed by atoms with Gasteiger partial charge in [-0.05, 0) is 25.0 Å². The van der Waals surface area contributed by atoms with Crippen LogP contribution in [0.4, 0.5) is 0 Å². The van der Waals surface area contributed by atoms with Crippen molar-refractivity contribution >= 4 is 11.7 Å². The van der Waals surface area contributed by atoms with E-state index >= 15 is 0 Å². The molecule has 0 aliphatic heterocycles. The number of aliphatic hydroxyl groups is 1. The minimum absolute atomic E-state index is 0.00112. The van der Waals surface area contributed by atoms with Crippen LogP contribution in [-0.2, 0) is 0 Å². The van der Waals surface area contributed by atoms with Crippen LogP contribution in [0.15, 0.2) is 29.4 Å². The maximum atomic E-state index is 12.5. The van der Waals surface area contributed by atoms with E-state index in [9.17, 15) is 4.79 Å². The van der Waals surface area contributed by atoms with Gasteiger partial charge in [-0.1, -0.05) is 31.1 Å². The molecule has 6 nitrogen and oxygen atoms in total. The van der Waals surface area contributed by atoms with Crippen LogP contribution in [0.1, 0.15) is 42.6 Å². The first kappa shape index (κ1) is 17.0. The molecule has 1 aromatic rings. The molecule has 0 saturated carbocycles. The third-order valence-electron chi connectivity index (χ3n) is 3.52. The number of aliphatic hydroxyl groups excluding tert-OH is 1. The molecular weight excluding hydrogens is 270 g/mol. The molecule has 0 radical (unpaired) electrons. The van der Waals surface area contributed by atoms with E-state index in [-0.39, 0.29) is 24.4 Å². The summed E-state index contributed by atoms with van der Waals surface area (Å²) in [5.41, 5.74) is 6.56. The van der Waals surface area contributed by atoms with Crippen molar-refractivity contribution in [2.75, 3.05) is 13.2 Å². The summed E-state index contributed by atoms with van der Waals surface area (Å²) in [4.78, 5) is 14.2. The monoisotopic (exact) mass is 293 g/mol. The van der Waals surface area contributed by atoms with Gasteiger partial charge in [-0.2, -0.15) is 0 Å². The predicted molar refractivity (Wildman–Crippen MR) is 81.4 cm³/mol. The van der Waals surface area contributed by atoms with Crippen molar-refractivity contribution < 1.29 is 15.1 Å². The van der Waals surface area contributed by atoms with Crippen molar-refractivity contribution in [1.29, 1.82) is 0 Å². The van der Waals surface area contributed by atoms with Gasteiger partial charge in [0.2, 0.25) is 0 Å². The van der Waals surface area contributed by atoms with E-state index in [2.05, 4.69) is 5.16 Å². The summed E-state index contributed by atoms with van der Waals surface area (Å²) in [5, 5.41) is 20.7. The molecule has 0 bridgehead atoms. The summed E-state index contributed by atoms with van der Waals surface area (Å²) in [6.45, 7) is 4.29. The van der Waals surface area contributed by atoms with Gasteiger partial charge in [-0.25, -0.2) is 0 Å². The number of carbonyl (C=O) groups is 1. The molecule has 0 saturated heterocycles. The number of benzene rings is 1. The Morgan fingerprint density at radius 2 is 1.76 bits per heavy atom. The van der Waals surface area contributed by atoms with E-state index in [1.807, 2.05) is 13.8 Å². The zero-order valence-electron chi connectivity index (χ0n) is 12.5. The van der Waals surface area contributed by atoms with Gasteiger partial charge in [0.1, 0.15) is 0 Å². The zero-order chi connectivity index (χ0) is 15.8. The third-order valence-corrected chi connectivity index (χ3v) is 3.52. The van der Waals surface area contributed by atoms with Crippen LogP contribution in [0.25, 0.3) is 0 Å². The predicted octanol–water partition coefficient (Wildman–Crippen LogP) is 1.40. The molecule has 0 heterocycles. The van der Waals surface area contributed by atoms with Gasteiger partial charge in [0.15, 0.2) is 5.84 Å². The highest BCUT2D eigenvalue weighted by Crippen LogP contribution is 2.14. The molecule has 0 aliphatic carbocycles. The molecule has 116 valence electrons. The van der Waals surface area contributed by atoms with Crippen LogP contribution in [0, 0.1) is 0 Å². The lowest BCUT2D eigenvalue weighted by atomic mass is 10.1. The highest BCUT2D eigenvalue weighted by molar-refractivity contribution is 5.99. The molecule has 0 spiro atoms. The number of amidine groups is 1. The Bertz CT molecular complexity index is 481. The minimum atomic E-state index is -0.121. The Morgan fingerprint density at radius 3 is 2.19 bits per heavy atom. The Hall–Kier alpha value is -2.08. The SMILES string of the molecule is CCC(CC)N(CCO)C(=O)c1ccc(C(N)=NO)cc1. The van der Waals surface area contributed by atoms with Crippen molar-refractivity contribution in [3.8, 4) is 0 Å². The normalized spacial score (nSPS) is 11.7. The largest absolute Gasteiger partial charge is 0.409 e. The van der Waals surface area contributed by atoms with Crippen LogP contribution < -0.4 is 5.73 Å². The van der Waals surface area contributed by atoms with Crippen LogP contribution >= 0.6 is 0 Å². The molecule has 0 atom stereocenters. The first-order valence-electron chi connectivity index (χ1n) is 7.08. The summed E-state index contributed by atoms with van der Waals surface area (Å²) in [6.07, 6.45) is 1.68. The number of amides is 1. The number of oxime groups is 1. The van der Waals surface area contributed by atoms with E-state index in [0.29, 0.717) is 17.7 Å². The van der Waals surface area contributed by atoms with Crippen molar-refractivity contribution in [3.63, 3.8) is 0 Å². The quantitative estimate of drug-likeness (QED) is 0.306. The first-order chi connectivity index (χ1) is 10.1. The fourth-order valence-corrected chi connectivity index (χ4v) is 2.29. The van der Waals surface area contributed by atoms with Crippen molar-refractivity contribution in [2.24, 2.45) is 10.9 Å². The average Bonchev–Trinajstić information content (AvgIpc) is 2.53.